The molecule has 2 atom stereocenters. The molecule has 6 nitrogen and oxygen atoms in total. The Morgan fingerprint density at radius 3 is 2.75 bits per heavy atom. The van der Waals surface area contributed by atoms with Crippen LogP contribution in [0.5, 0.6) is 0 Å². The summed E-state index contributed by atoms with van der Waals surface area (Å²) in [7, 11) is 1.79. The molecule has 0 bridgehead atoms. The minimum absolute atomic E-state index is 0.0742. The van der Waals surface area contributed by atoms with Gasteiger partial charge in [0.25, 0.3) is 5.91 Å². The molecule has 2 aliphatic heterocycles. The first-order valence-electron chi connectivity index (χ1n) is 7.78. The third kappa shape index (κ3) is 2.15. The lowest BCUT2D eigenvalue weighted by molar-refractivity contribution is -0.121. The molecule has 0 saturated carbocycles. The van der Waals surface area contributed by atoms with E-state index in [1.807, 2.05) is 38.1 Å². The Morgan fingerprint density at radius 2 is 2.04 bits per heavy atom. The highest BCUT2D eigenvalue weighted by Gasteiger charge is 2.57. The van der Waals surface area contributed by atoms with Gasteiger partial charge in [-0.25, -0.2) is 0 Å². The summed E-state index contributed by atoms with van der Waals surface area (Å²) in [5.41, 5.74) is 1.69. The van der Waals surface area contributed by atoms with E-state index in [2.05, 4.69) is 10.4 Å². The Hall–Kier alpha value is -2.28. The average molecular weight is 342 g/mol. The highest BCUT2D eigenvalue weighted by Crippen LogP contribution is 2.56. The van der Waals surface area contributed by atoms with Crippen LogP contribution in [0.15, 0.2) is 36.5 Å². The van der Waals surface area contributed by atoms with Crippen molar-refractivity contribution >= 4 is 29.4 Å². The second-order valence-electron chi connectivity index (χ2n) is 6.64. The van der Waals surface area contributed by atoms with E-state index in [0.29, 0.717) is 11.4 Å². The SMILES string of the molecule is Cn1ccc(NC(=O)C2N3C(=O)c4ccccc4C3SC2(C)C)n1. The smallest absolute Gasteiger partial charge is 0.256 e. The van der Waals surface area contributed by atoms with Gasteiger partial charge in [-0.1, -0.05) is 18.2 Å². The number of aryl methyl sites for hydroxylation is 1. The van der Waals surface area contributed by atoms with Crippen molar-refractivity contribution in [2.75, 3.05) is 5.32 Å². The number of benzene rings is 1. The van der Waals surface area contributed by atoms with Gasteiger partial charge in [-0.2, -0.15) is 5.10 Å². The van der Waals surface area contributed by atoms with Crippen molar-refractivity contribution in [2.24, 2.45) is 7.05 Å². The molecule has 1 aromatic carbocycles. The molecule has 2 unspecified atom stereocenters. The number of aromatic nitrogens is 2. The number of fused-ring (bicyclic) bond motifs is 3. The van der Waals surface area contributed by atoms with Crippen molar-refractivity contribution in [1.82, 2.24) is 14.7 Å². The van der Waals surface area contributed by atoms with Gasteiger partial charge in [-0.05, 0) is 25.5 Å². The normalized spacial score (nSPS) is 24.0. The molecule has 4 rings (SSSR count). The van der Waals surface area contributed by atoms with Gasteiger partial charge in [0.05, 0.1) is 0 Å². The van der Waals surface area contributed by atoms with Crippen molar-refractivity contribution in [3.8, 4) is 0 Å². The Labute approximate surface area is 144 Å². The first-order valence-corrected chi connectivity index (χ1v) is 8.66. The molecule has 2 aliphatic rings. The number of nitrogens with one attached hydrogen (secondary N) is 1. The van der Waals surface area contributed by atoms with Crippen LogP contribution in [0.3, 0.4) is 0 Å². The number of hydrogen-bond donors (Lipinski definition) is 1. The topological polar surface area (TPSA) is 67.2 Å². The van der Waals surface area contributed by atoms with Gasteiger partial charge in [-0.15, -0.1) is 11.8 Å². The number of thioether (sulfide) groups is 1. The molecule has 124 valence electrons. The van der Waals surface area contributed by atoms with Crippen LogP contribution >= 0.6 is 11.8 Å². The third-order valence-corrected chi connectivity index (χ3v) is 6.04. The number of rotatable bonds is 2. The van der Waals surface area contributed by atoms with Crippen LogP contribution in [0.1, 0.15) is 35.1 Å². The summed E-state index contributed by atoms with van der Waals surface area (Å²) in [4.78, 5) is 27.5. The van der Waals surface area contributed by atoms with Crippen LogP contribution in [0, 0.1) is 0 Å². The Bertz CT molecular complexity index is 845. The number of carbonyl (C=O) groups is 2. The highest BCUT2D eigenvalue weighted by atomic mass is 32.2. The zero-order chi connectivity index (χ0) is 17.1. The summed E-state index contributed by atoms with van der Waals surface area (Å²) < 4.78 is 1.25. The average Bonchev–Trinajstić information content (AvgIpc) is 3.13. The predicted molar refractivity (Wildman–Crippen MR) is 92.6 cm³/mol. The monoisotopic (exact) mass is 342 g/mol. The molecule has 24 heavy (non-hydrogen) atoms. The maximum atomic E-state index is 12.9. The van der Waals surface area contributed by atoms with Gasteiger partial charge in [0.2, 0.25) is 5.91 Å². The molecule has 0 radical (unpaired) electrons. The van der Waals surface area contributed by atoms with E-state index in [-0.39, 0.29) is 21.9 Å². The van der Waals surface area contributed by atoms with Gasteiger partial charge in [-0.3, -0.25) is 14.3 Å². The zero-order valence-electron chi connectivity index (χ0n) is 13.7. The van der Waals surface area contributed by atoms with E-state index in [4.69, 9.17) is 0 Å². The molecule has 0 spiro atoms. The molecule has 3 heterocycles. The number of nitrogens with zero attached hydrogens (tertiary/aromatic N) is 3. The third-order valence-electron chi connectivity index (χ3n) is 4.51. The fraction of sp³-hybridized carbons (Fsp3) is 0.353. The Morgan fingerprint density at radius 1 is 1.29 bits per heavy atom. The van der Waals surface area contributed by atoms with E-state index < -0.39 is 6.04 Å². The second kappa shape index (κ2) is 5.11. The zero-order valence-corrected chi connectivity index (χ0v) is 14.5. The van der Waals surface area contributed by atoms with Crippen molar-refractivity contribution in [1.29, 1.82) is 0 Å². The van der Waals surface area contributed by atoms with Crippen LogP contribution < -0.4 is 5.32 Å². The minimum atomic E-state index is -0.547. The summed E-state index contributed by atoms with van der Waals surface area (Å²) in [6.45, 7) is 4.02. The lowest BCUT2D eigenvalue weighted by atomic mass is 10.0. The van der Waals surface area contributed by atoms with Crippen LogP contribution in [-0.4, -0.2) is 37.3 Å². The van der Waals surface area contributed by atoms with Gasteiger partial charge in [0.15, 0.2) is 5.82 Å². The van der Waals surface area contributed by atoms with Crippen molar-refractivity contribution in [3.05, 3.63) is 47.7 Å². The molecule has 1 fully saturated rings. The Kier molecular flexibility index (Phi) is 3.25. The number of carbonyl (C=O) groups excluding carboxylic acids is 2. The second-order valence-corrected chi connectivity index (χ2v) is 8.37. The summed E-state index contributed by atoms with van der Waals surface area (Å²) >= 11 is 1.66. The Balaban J connectivity index is 1.68. The van der Waals surface area contributed by atoms with Crippen LogP contribution in [0.2, 0.25) is 0 Å². The number of hydrogen-bond acceptors (Lipinski definition) is 4. The molecule has 2 aromatic rings. The lowest BCUT2D eigenvalue weighted by Gasteiger charge is -2.29. The first-order chi connectivity index (χ1) is 11.4. The standard InChI is InChI=1S/C17H18N4O2S/c1-17(2)13(14(22)18-12-8-9-20(3)19-12)21-15(23)10-6-4-5-7-11(10)16(21)24-17/h4-9,13,16H,1-3H3,(H,18,19,22). The molecule has 1 aromatic heterocycles. The van der Waals surface area contributed by atoms with E-state index in [9.17, 15) is 9.59 Å². The van der Waals surface area contributed by atoms with Crippen LogP contribution in [-0.2, 0) is 11.8 Å². The largest absolute Gasteiger partial charge is 0.309 e. The number of anilines is 1. The van der Waals surface area contributed by atoms with Gasteiger partial charge >= 0.3 is 0 Å². The lowest BCUT2D eigenvalue weighted by Crippen LogP contribution is -2.50. The molecule has 0 aliphatic carbocycles. The highest BCUT2D eigenvalue weighted by molar-refractivity contribution is 8.01. The fourth-order valence-electron chi connectivity index (χ4n) is 3.48. The number of amides is 2. The molecule has 1 saturated heterocycles. The van der Waals surface area contributed by atoms with Crippen molar-refractivity contribution < 1.29 is 9.59 Å². The first kappa shape index (κ1) is 15.3. The van der Waals surface area contributed by atoms with E-state index in [0.717, 1.165) is 5.56 Å². The fourth-order valence-corrected chi connectivity index (χ4v) is 5.07. The quantitative estimate of drug-likeness (QED) is 0.910. The van der Waals surface area contributed by atoms with Gasteiger partial charge in [0, 0.05) is 29.6 Å². The van der Waals surface area contributed by atoms with Crippen LogP contribution in [0.25, 0.3) is 0 Å². The van der Waals surface area contributed by atoms with Crippen LogP contribution in [0.4, 0.5) is 5.82 Å². The molecular formula is C17H18N4O2S. The van der Waals surface area contributed by atoms with E-state index in [1.54, 1.807) is 40.7 Å². The summed E-state index contributed by atoms with van der Waals surface area (Å²) in [6.07, 6.45) is 1.77. The van der Waals surface area contributed by atoms with Gasteiger partial charge in [0.1, 0.15) is 11.4 Å². The molecular weight excluding hydrogens is 324 g/mol. The summed E-state index contributed by atoms with van der Waals surface area (Å²) in [5.74, 6) is 0.223. The van der Waals surface area contributed by atoms with Gasteiger partial charge < -0.3 is 10.2 Å². The minimum Gasteiger partial charge on any atom is -0.309 e. The summed E-state index contributed by atoms with van der Waals surface area (Å²) in [6, 6.07) is 8.79. The van der Waals surface area contributed by atoms with E-state index >= 15 is 0 Å². The maximum absolute atomic E-state index is 12.9. The maximum Gasteiger partial charge on any atom is 0.256 e. The van der Waals surface area contributed by atoms with E-state index in [1.165, 1.54) is 0 Å². The molecule has 1 N–H and O–H groups in total. The molecule has 7 heteroatoms. The summed E-state index contributed by atoms with van der Waals surface area (Å²) in [5, 5.41) is 6.92. The predicted octanol–water partition coefficient (Wildman–Crippen LogP) is 2.41. The molecule has 2 amide bonds. The van der Waals surface area contributed by atoms with Crippen molar-refractivity contribution in [2.45, 2.75) is 30.0 Å². The van der Waals surface area contributed by atoms with Crippen molar-refractivity contribution in [3.63, 3.8) is 0 Å².